The fraction of sp³-hybridized carbons (Fsp3) is 0.500. The Morgan fingerprint density at radius 2 is 1.54 bits per heavy atom. The lowest BCUT2D eigenvalue weighted by molar-refractivity contribution is -0.138. The molecule has 0 saturated carbocycles. The van der Waals surface area contributed by atoms with Crippen LogP contribution in [0.1, 0.15) is 59.2 Å². The van der Waals surface area contributed by atoms with Crippen LogP contribution in [-0.4, -0.2) is 58.6 Å². The third-order valence-electron chi connectivity index (χ3n) is 4.08. The summed E-state index contributed by atoms with van der Waals surface area (Å²) in [5, 5.41) is 9.15. The van der Waals surface area contributed by atoms with Gasteiger partial charge >= 0.3 is 0 Å². The van der Waals surface area contributed by atoms with Crippen LogP contribution < -0.4 is 21.3 Å². The highest BCUT2D eigenvalue weighted by molar-refractivity contribution is 6.37. The lowest BCUT2D eigenvalue weighted by Gasteiger charge is -2.13. The fourth-order valence-electron chi connectivity index (χ4n) is 2.25. The summed E-state index contributed by atoms with van der Waals surface area (Å²) in [4.78, 5) is 60.4. The van der Waals surface area contributed by atoms with E-state index in [0.29, 0.717) is 12.1 Å². The van der Waals surface area contributed by atoms with Gasteiger partial charge in [-0.2, -0.15) is 0 Å². The average Bonchev–Trinajstić information content (AvgIpc) is 3.29. The molecule has 1 atom stereocenters. The van der Waals surface area contributed by atoms with Gasteiger partial charge in [0.1, 0.15) is 6.04 Å². The maximum absolute atomic E-state index is 11.8. The molecule has 0 fully saturated rings. The third kappa shape index (κ3) is 21.7. The predicted octanol–water partition coefficient (Wildman–Crippen LogP) is 2.05. The van der Waals surface area contributed by atoms with E-state index in [1.54, 1.807) is 24.1 Å². The van der Waals surface area contributed by atoms with E-state index in [1.807, 2.05) is 18.2 Å². The first-order valence-corrected chi connectivity index (χ1v) is 12.9. The summed E-state index contributed by atoms with van der Waals surface area (Å²) >= 11 is 0. The number of Topliss-reactive ketones (excluding diaryl/α,β-unsaturated/α-hetero) is 1. The minimum absolute atomic E-state index is 0.130. The molecule has 11 nitrogen and oxygen atoms in total. The van der Waals surface area contributed by atoms with Crippen molar-refractivity contribution in [1.29, 1.82) is 0 Å². The van der Waals surface area contributed by atoms with Gasteiger partial charge in [-0.15, -0.1) is 0 Å². The molecule has 11 heteroatoms. The van der Waals surface area contributed by atoms with Crippen LogP contribution in [0.15, 0.2) is 42.9 Å². The molecule has 218 valence electrons. The van der Waals surface area contributed by atoms with Crippen LogP contribution in [0.5, 0.6) is 0 Å². The normalized spacial score (nSPS) is 10.1. The summed E-state index contributed by atoms with van der Waals surface area (Å²) in [5.74, 6) is -2.02. The molecule has 4 amide bonds. The smallest absolute Gasteiger partial charge is 0.289 e. The highest BCUT2D eigenvalue weighted by atomic mass is 16.2. The summed E-state index contributed by atoms with van der Waals surface area (Å²) in [6.07, 6.45) is 4.72. The number of carbonyl (C=O) groups excluding carboxylic acids is 5. The van der Waals surface area contributed by atoms with Crippen molar-refractivity contribution in [2.24, 2.45) is 13.0 Å². The molecule has 0 saturated heterocycles. The Kier molecular flexibility index (Phi) is 22.0. The molecule has 0 aliphatic carbocycles. The van der Waals surface area contributed by atoms with Crippen LogP contribution in [0.3, 0.4) is 0 Å². The molecule has 1 heterocycles. The van der Waals surface area contributed by atoms with Crippen molar-refractivity contribution < 1.29 is 24.0 Å². The first-order chi connectivity index (χ1) is 18.4. The minimum Gasteiger partial charge on any atom is -0.350 e. The van der Waals surface area contributed by atoms with Gasteiger partial charge in [0.15, 0.2) is 0 Å². The highest BCUT2D eigenvalue weighted by Crippen LogP contribution is 1.95. The number of nitrogens with zero attached hydrogens (tertiary/aromatic N) is 2. The Labute approximate surface area is 232 Å². The first-order valence-electron chi connectivity index (χ1n) is 12.9. The molecule has 0 radical (unpaired) electrons. The van der Waals surface area contributed by atoms with E-state index in [4.69, 9.17) is 0 Å². The minimum atomic E-state index is -0.925. The lowest BCUT2D eigenvalue weighted by atomic mass is 10.2. The van der Waals surface area contributed by atoms with Gasteiger partial charge in [-0.25, -0.2) is 4.98 Å². The summed E-state index contributed by atoms with van der Waals surface area (Å²) in [7, 11) is 1.75. The van der Waals surface area contributed by atoms with Crippen molar-refractivity contribution >= 4 is 29.9 Å². The highest BCUT2D eigenvalue weighted by Gasteiger charge is 2.19. The fourth-order valence-corrected chi connectivity index (χ4v) is 2.25. The zero-order valence-electron chi connectivity index (χ0n) is 24.5. The molecule has 0 unspecified atom stereocenters. The van der Waals surface area contributed by atoms with Crippen molar-refractivity contribution in [3.63, 3.8) is 0 Å². The number of aromatic nitrogens is 2. The summed E-state index contributed by atoms with van der Waals surface area (Å²) in [6.45, 7) is 13.6. The predicted molar refractivity (Wildman–Crippen MR) is 152 cm³/mol. The Morgan fingerprint density at radius 3 is 1.97 bits per heavy atom. The summed E-state index contributed by atoms with van der Waals surface area (Å²) < 4.78 is 1.69. The van der Waals surface area contributed by atoms with Gasteiger partial charge < -0.3 is 25.8 Å². The van der Waals surface area contributed by atoms with E-state index in [9.17, 15) is 24.0 Å². The number of rotatable bonds is 10. The quantitative estimate of drug-likeness (QED) is 0.264. The second-order valence-corrected chi connectivity index (χ2v) is 9.20. The van der Waals surface area contributed by atoms with Gasteiger partial charge in [-0.3, -0.25) is 24.0 Å². The molecule has 0 spiro atoms. The van der Waals surface area contributed by atoms with Crippen molar-refractivity contribution in [1.82, 2.24) is 30.8 Å². The summed E-state index contributed by atoms with van der Waals surface area (Å²) in [5.41, 5.74) is 2.04. The number of benzene rings is 1. The van der Waals surface area contributed by atoms with Crippen molar-refractivity contribution in [2.75, 3.05) is 13.1 Å². The molecular formula is C28H46N6O5. The molecule has 0 aliphatic heterocycles. The van der Waals surface area contributed by atoms with Crippen molar-refractivity contribution in [2.45, 2.75) is 67.5 Å². The Balaban J connectivity index is 0. The van der Waals surface area contributed by atoms with Gasteiger partial charge in [0.25, 0.3) is 5.91 Å². The molecule has 0 aliphatic rings. The molecule has 2 rings (SSSR count). The second-order valence-electron chi connectivity index (χ2n) is 9.20. The summed E-state index contributed by atoms with van der Waals surface area (Å²) in [6, 6.07) is 9.34. The van der Waals surface area contributed by atoms with E-state index in [-0.39, 0.29) is 13.1 Å². The molecule has 1 aromatic heterocycles. The third-order valence-corrected chi connectivity index (χ3v) is 4.08. The number of amides is 4. The number of aryl methyl sites for hydroxylation is 2. The van der Waals surface area contributed by atoms with E-state index in [0.717, 1.165) is 5.92 Å². The van der Waals surface area contributed by atoms with Crippen molar-refractivity contribution in [3.05, 3.63) is 54.1 Å². The van der Waals surface area contributed by atoms with Crippen LogP contribution in [0.4, 0.5) is 0 Å². The number of hydrogen-bond acceptors (Lipinski definition) is 6. The largest absolute Gasteiger partial charge is 0.350 e. The van der Waals surface area contributed by atoms with Crippen LogP contribution in [-0.2, 0) is 37.6 Å². The van der Waals surface area contributed by atoms with Gasteiger partial charge in [0, 0.05) is 13.2 Å². The van der Waals surface area contributed by atoms with Crippen LogP contribution in [0.2, 0.25) is 0 Å². The number of ketones is 1. The topological polar surface area (TPSA) is 151 Å². The van der Waals surface area contributed by atoms with E-state index in [2.05, 4.69) is 79.9 Å². The van der Waals surface area contributed by atoms with E-state index >= 15 is 0 Å². The van der Waals surface area contributed by atoms with Gasteiger partial charge in [-0.05, 0) is 19.8 Å². The zero-order chi connectivity index (χ0) is 30.2. The molecule has 39 heavy (non-hydrogen) atoms. The van der Waals surface area contributed by atoms with Gasteiger partial charge in [0.2, 0.25) is 24.0 Å². The first kappa shape index (κ1) is 37.1. The van der Waals surface area contributed by atoms with E-state index < -0.39 is 36.1 Å². The van der Waals surface area contributed by atoms with Gasteiger partial charge in [-0.1, -0.05) is 76.9 Å². The molecular weight excluding hydrogens is 500 g/mol. The lowest BCUT2D eigenvalue weighted by Crippen LogP contribution is -2.49. The molecule has 1 aromatic carbocycles. The van der Waals surface area contributed by atoms with Crippen molar-refractivity contribution in [3.8, 4) is 0 Å². The van der Waals surface area contributed by atoms with Gasteiger partial charge in [0.05, 0.1) is 31.7 Å². The Bertz CT molecular complexity index is 973. The SMILES string of the molecule is CC(C)C.CCC.C[C@H](NC(=O)CNC=O)C(=O)NCC(=O)C(=O)NCc1cncn1C.Cc1ccccc1. The molecule has 4 N–H and O–H groups in total. The maximum Gasteiger partial charge on any atom is 0.289 e. The molecule has 0 bridgehead atoms. The second kappa shape index (κ2) is 23.1. The number of carbonyl (C=O) groups is 5. The molecule has 2 aromatic rings. The van der Waals surface area contributed by atoms with Crippen LogP contribution in [0.25, 0.3) is 0 Å². The Hall–Kier alpha value is -4.02. The maximum atomic E-state index is 11.8. The average molecular weight is 547 g/mol. The van der Waals surface area contributed by atoms with Crippen LogP contribution in [0, 0.1) is 12.8 Å². The monoisotopic (exact) mass is 546 g/mol. The van der Waals surface area contributed by atoms with Crippen LogP contribution >= 0.6 is 0 Å². The van der Waals surface area contributed by atoms with E-state index in [1.165, 1.54) is 18.9 Å². The number of imidazole rings is 1. The zero-order valence-corrected chi connectivity index (χ0v) is 24.5. The number of hydrogen-bond donors (Lipinski definition) is 4. The number of nitrogens with one attached hydrogen (secondary N) is 4. The Morgan fingerprint density at radius 1 is 0.974 bits per heavy atom. The standard InChI is InChI=1S/C14H20N6O5.C7H8.C4H10.C3H8/c1-9(19-12(23)6-16-8-21)13(24)18-5-11(22)14(25)17-4-10-3-15-7-20(10)2;1-7-5-3-2-4-6-7;1-4(2)3;1-3-2/h3,7-9H,4-6H2,1-2H3,(H,16,21)(H,17,25)(H,18,24)(H,19,23);2-6H,1H3;4H,1-3H3;3H2,1-2H3/t9-;;;/m0.../s1.